The number of carbonyl (C=O) groups excluding carboxylic acids is 2. The number of rotatable bonds is 5. The molecule has 0 aliphatic carbocycles. The van der Waals surface area contributed by atoms with Crippen molar-refractivity contribution in [3.63, 3.8) is 0 Å². The molecule has 2 rings (SSSR count). The van der Waals surface area contributed by atoms with Crippen molar-refractivity contribution >= 4 is 23.3 Å². The van der Waals surface area contributed by atoms with Crippen LogP contribution in [0.2, 0.25) is 0 Å². The molecule has 26 heavy (non-hydrogen) atoms. The fourth-order valence-corrected chi connectivity index (χ4v) is 2.73. The normalized spacial score (nSPS) is 15.2. The quantitative estimate of drug-likeness (QED) is 0.633. The van der Waals surface area contributed by atoms with E-state index in [2.05, 4.69) is 5.32 Å². The number of anilines is 2. The van der Waals surface area contributed by atoms with Gasteiger partial charge < -0.3 is 15.0 Å². The molecule has 0 bridgehead atoms. The third-order valence-electron chi connectivity index (χ3n) is 3.94. The lowest BCUT2D eigenvalue weighted by atomic mass is 10.1. The zero-order valence-corrected chi connectivity index (χ0v) is 14.4. The third kappa shape index (κ3) is 5.50. The van der Waals surface area contributed by atoms with Crippen LogP contribution in [0.3, 0.4) is 0 Å². The number of esters is 1. The van der Waals surface area contributed by atoms with E-state index >= 15 is 0 Å². The van der Waals surface area contributed by atoms with Gasteiger partial charge in [-0.15, -0.1) is 0 Å². The van der Waals surface area contributed by atoms with Crippen molar-refractivity contribution in [3.8, 4) is 0 Å². The highest BCUT2D eigenvalue weighted by atomic mass is 19.4. The minimum atomic E-state index is -4.52. The molecule has 1 saturated heterocycles. The van der Waals surface area contributed by atoms with E-state index in [1.165, 1.54) is 12.1 Å². The summed E-state index contributed by atoms with van der Waals surface area (Å²) in [6.45, 7) is 2.47. The molecule has 0 saturated carbocycles. The third-order valence-corrected chi connectivity index (χ3v) is 3.94. The first-order valence-electron chi connectivity index (χ1n) is 8.37. The van der Waals surface area contributed by atoms with Crippen LogP contribution in [0.1, 0.15) is 31.7 Å². The molecular weight excluding hydrogens is 349 g/mol. The zero-order chi connectivity index (χ0) is 19.2. The van der Waals surface area contributed by atoms with E-state index in [9.17, 15) is 22.8 Å². The molecule has 1 amide bonds. The van der Waals surface area contributed by atoms with E-state index in [1.54, 1.807) is 6.92 Å². The lowest BCUT2D eigenvalue weighted by Crippen LogP contribution is -2.31. The number of halogens is 3. The zero-order valence-electron chi connectivity index (χ0n) is 14.4. The predicted molar refractivity (Wildman–Crippen MR) is 91.9 cm³/mol. The standard InChI is InChI=1S/C18H21F3N2O3/c1-2-6-17(25)26-12-16(24)22-14-11-13(18(19,20)21)7-8-15(14)23-9-4-3-5-10-23/h2,6-8,11H,3-5,9-10,12H2,1H3,(H,22,24)/b6-2+. The van der Waals surface area contributed by atoms with Gasteiger partial charge in [-0.25, -0.2) is 4.79 Å². The molecule has 1 N–H and O–H groups in total. The molecule has 1 heterocycles. The minimum Gasteiger partial charge on any atom is -0.452 e. The van der Waals surface area contributed by atoms with Gasteiger partial charge >= 0.3 is 12.1 Å². The van der Waals surface area contributed by atoms with Gasteiger partial charge in [-0.2, -0.15) is 13.2 Å². The summed E-state index contributed by atoms with van der Waals surface area (Å²) in [6, 6.07) is 3.29. The number of benzene rings is 1. The minimum absolute atomic E-state index is 0.0637. The average molecular weight is 370 g/mol. The molecule has 5 nitrogen and oxygen atoms in total. The lowest BCUT2D eigenvalue weighted by Gasteiger charge is -2.31. The van der Waals surface area contributed by atoms with Gasteiger partial charge in [0.15, 0.2) is 6.61 Å². The molecular formula is C18H21F3N2O3. The SMILES string of the molecule is C/C=C/C(=O)OCC(=O)Nc1cc(C(F)(F)F)ccc1N1CCCCC1. The van der Waals surface area contributed by atoms with Gasteiger partial charge in [0.2, 0.25) is 0 Å². The van der Waals surface area contributed by atoms with E-state index in [4.69, 9.17) is 4.74 Å². The van der Waals surface area contributed by atoms with Crippen molar-refractivity contribution in [3.05, 3.63) is 35.9 Å². The largest absolute Gasteiger partial charge is 0.452 e. The van der Waals surface area contributed by atoms with E-state index in [-0.39, 0.29) is 5.69 Å². The highest BCUT2D eigenvalue weighted by Crippen LogP contribution is 2.36. The van der Waals surface area contributed by atoms with Crippen LogP contribution in [0.5, 0.6) is 0 Å². The fraction of sp³-hybridized carbons (Fsp3) is 0.444. The molecule has 1 aliphatic heterocycles. The van der Waals surface area contributed by atoms with Crippen LogP contribution in [0.15, 0.2) is 30.4 Å². The summed E-state index contributed by atoms with van der Waals surface area (Å²) in [6.07, 6.45) is 1.04. The van der Waals surface area contributed by atoms with Crippen molar-refractivity contribution in [1.82, 2.24) is 0 Å². The Morgan fingerprint density at radius 3 is 2.54 bits per heavy atom. The van der Waals surface area contributed by atoms with Gasteiger partial charge in [0.25, 0.3) is 5.91 Å². The van der Waals surface area contributed by atoms with Gasteiger partial charge in [-0.05, 0) is 44.4 Å². The van der Waals surface area contributed by atoms with E-state index in [0.717, 1.165) is 37.5 Å². The second-order valence-electron chi connectivity index (χ2n) is 5.93. The number of hydrogen-bond donors (Lipinski definition) is 1. The number of hydrogen-bond acceptors (Lipinski definition) is 4. The van der Waals surface area contributed by atoms with Gasteiger partial charge in [-0.1, -0.05) is 6.08 Å². The van der Waals surface area contributed by atoms with Gasteiger partial charge in [0, 0.05) is 19.2 Å². The van der Waals surface area contributed by atoms with Gasteiger partial charge in [0.1, 0.15) is 0 Å². The van der Waals surface area contributed by atoms with Crippen molar-refractivity contribution in [1.29, 1.82) is 0 Å². The highest BCUT2D eigenvalue weighted by molar-refractivity contribution is 5.96. The molecule has 142 valence electrons. The Bertz CT molecular complexity index is 681. The van der Waals surface area contributed by atoms with Gasteiger partial charge in [0.05, 0.1) is 16.9 Å². The molecule has 0 atom stereocenters. The molecule has 1 aliphatic rings. The number of allylic oxidation sites excluding steroid dienone is 1. The van der Waals surface area contributed by atoms with E-state index in [0.29, 0.717) is 18.8 Å². The Morgan fingerprint density at radius 2 is 1.92 bits per heavy atom. The Kier molecular flexibility index (Phi) is 6.65. The second-order valence-corrected chi connectivity index (χ2v) is 5.93. The van der Waals surface area contributed by atoms with E-state index < -0.39 is 30.2 Å². The van der Waals surface area contributed by atoms with Crippen molar-refractivity contribution in [2.75, 3.05) is 29.9 Å². The number of carbonyl (C=O) groups is 2. The number of nitrogens with one attached hydrogen (secondary N) is 1. The van der Waals surface area contributed by atoms with Crippen LogP contribution in [0.4, 0.5) is 24.5 Å². The monoisotopic (exact) mass is 370 g/mol. The number of amides is 1. The summed E-state index contributed by atoms with van der Waals surface area (Å²) in [5.41, 5.74) is -0.251. The van der Waals surface area contributed by atoms with Crippen LogP contribution in [0, 0.1) is 0 Å². The maximum Gasteiger partial charge on any atom is 0.416 e. The van der Waals surface area contributed by atoms with Crippen LogP contribution < -0.4 is 10.2 Å². The topological polar surface area (TPSA) is 58.6 Å². The number of piperidine rings is 1. The highest BCUT2D eigenvalue weighted by Gasteiger charge is 2.31. The maximum atomic E-state index is 13.0. The Morgan fingerprint density at radius 1 is 1.23 bits per heavy atom. The van der Waals surface area contributed by atoms with Crippen LogP contribution in [-0.2, 0) is 20.5 Å². The Labute approximate surface area is 149 Å². The molecule has 1 aromatic carbocycles. The lowest BCUT2D eigenvalue weighted by molar-refractivity contribution is -0.142. The van der Waals surface area contributed by atoms with Crippen LogP contribution >= 0.6 is 0 Å². The first-order valence-corrected chi connectivity index (χ1v) is 8.37. The molecule has 8 heteroatoms. The summed E-state index contributed by atoms with van der Waals surface area (Å²) >= 11 is 0. The fourth-order valence-electron chi connectivity index (χ4n) is 2.73. The van der Waals surface area contributed by atoms with Crippen LogP contribution in [0.25, 0.3) is 0 Å². The Balaban J connectivity index is 2.19. The van der Waals surface area contributed by atoms with E-state index in [1.807, 2.05) is 4.90 Å². The second kappa shape index (κ2) is 8.73. The van der Waals surface area contributed by atoms with Gasteiger partial charge in [-0.3, -0.25) is 4.79 Å². The smallest absolute Gasteiger partial charge is 0.416 e. The molecule has 0 radical (unpaired) electrons. The molecule has 1 fully saturated rings. The van der Waals surface area contributed by atoms with Crippen molar-refractivity contribution in [2.45, 2.75) is 32.4 Å². The van der Waals surface area contributed by atoms with Crippen molar-refractivity contribution in [2.24, 2.45) is 0 Å². The summed E-state index contributed by atoms with van der Waals surface area (Å²) < 4.78 is 43.8. The van der Waals surface area contributed by atoms with Crippen LogP contribution in [-0.4, -0.2) is 31.6 Å². The predicted octanol–water partition coefficient (Wildman–Crippen LogP) is 3.75. The molecule has 0 aromatic heterocycles. The molecule has 0 spiro atoms. The molecule has 0 unspecified atom stereocenters. The maximum absolute atomic E-state index is 13.0. The Hall–Kier alpha value is -2.51. The summed E-state index contributed by atoms with van der Waals surface area (Å²) in [4.78, 5) is 25.2. The average Bonchev–Trinajstić information content (AvgIpc) is 2.60. The first kappa shape index (κ1) is 19.8. The number of ether oxygens (including phenoxy) is 1. The first-order chi connectivity index (χ1) is 12.3. The molecule has 1 aromatic rings. The number of nitrogens with zero attached hydrogens (tertiary/aromatic N) is 1. The summed E-state index contributed by atoms with van der Waals surface area (Å²) in [5, 5.41) is 2.44. The number of alkyl halides is 3. The summed E-state index contributed by atoms with van der Waals surface area (Å²) in [5.74, 6) is -1.39. The summed E-state index contributed by atoms with van der Waals surface area (Å²) in [7, 11) is 0. The van der Waals surface area contributed by atoms with Crippen molar-refractivity contribution < 1.29 is 27.5 Å².